The first-order chi connectivity index (χ1) is 13.9. The number of anilines is 1. The molecule has 1 aromatic carbocycles. The van der Waals surface area contributed by atoms with Gasteiger partial charge in [-0.2, -0.15) is 9.61 Å². The molecular formula is C23H30N4O2. The van der Waals surface area contributed by atoms with Crippen molar-refractivity contribution < 1.29 is 9.47 Å². The lowest BCUT2D eigenvalue weighted by Gasteiger charge is -2.37. The second-order valence-electron chi connectivity index (χ2n) is 8.40. The number of benzene rings is 1. The van der Waals surface area contributed by atoms with Gasteiger partial charge in [-0.3, -0.25) is 0 Å². The molecule has 0 aliphatic carbocycles. The number of aryl methyl sites for hydroxylation is 1. The summed E-state index contributed by atoms with van der Waals surface area (Å²) in [5.74, 6) is 3.98. The van der Waals surface area contributed by atoms with Crippen LogP contribution in [-0.4, -0.2) is 41.9 Å². The average Bonchev–Trinajstić information content (AvgIpc) is 3.10. The summed E-state index contributed by atoms with van der Waals surface area (Å²) in [4.78, 5) is 7.30. The van der Waals surface area contributed by atoms with Gasteiger partial charge < -0.3 is 14.4 Å². The van der Waals surface area contributed by atoms with Crippen molar-refractivity contribution in [1.82, 2.24) is 14.6 Å². The molecule has 6 heteroatoms. The fourth-order valence-electron chi connectivity index (χ4n) is 4.49. The lowest BCUT2D eigenvalue weighted by Crippen LogP contribution is -2.40. The molecule has 1 aliphatic rings. The van der Waals surface area contributed by atoms with Crippen LogP contribution in [0.15, 0.2) is 24.3 Å². The van der Waals surface area contributed by atoms with Gasteiger partial charge in [-0.05, 0) is 44.2 Å². The van der Waals surface area contributed by atoms with Crippen LogP contribution < -0.4 is 14.4 Å². The van der Waals surface area contributed by atoms with Crippen molar-refractivity contribution in [3.05, 3.63) is 35.5 Å². The standard InChI is InChI=1S/C23H30N4O2/c1-14-7-15(2)13-26(12-14)23-16(3)17(4)24-22-11-21(25-27(22)23)18-8-19(28-5)10-20(9-18)29-6/h8-11,14-15H,7,12-13H2,1-6H3/t14-,15+. The molecule has 6 nitrogen and oxygen atoms in total. The van der Waals surface area contributed by atoms with E-state index in [9.17, 15) is 0 Å². The topological polar surface area (TPSA) is 51.9 Å². The first kappa shape index (κ1) is 19.6. The van der Waals surface area contributed by atoms with Crippen molar-refractivity contribution >= 4 is 11.5 Å². The molecule has 0 saturated carbocycles. The summed E-state index contributed by atoms with van der Waals surface area (Å²) in [5, 5.41) is 4.96. The summed E-state index contributed by atoms with van der Waals surface area (Å²) < 4.78 is 12.9. The number of hydrogen-bond donors (Lipinski definition) is 0. The lowest BCUT2D eigenvalue weighted by atomic mass is 9.91. The van der Waals surface area contributed by atoms with E-state index in [0.717, 1.165) is 53.0 Å². The molecule has 3 heterocycles. The Morgan fingerprint density at radius 3 is 2.14 bits per heavy atom. The van der Waals surface area contributed by atoms with E-state index in [4.69, 9.17) is 19.6 Å². The van der Waals surface area contributed by atoms with Crippen LogP contribution in [0.1, 0.15) is 31.5 Å². The van der Waals surface area contributed by atoms with Crippen molar-refractivity contribution in [3.8, 4) is 22.8 Å². The minimum Gasteiger partial charge on any atom is -0.497 e. The molecule has 0 N–H and O–H groups in total. The summed E-state index contributed by atoms with van der Waals surface area (Å²) in [6, 6.07) is 7.87. The van der Waals surface area contributed by atoms with E-state index in [1.807, 2.05) is 28.8 Å². The minimum atomic E-state index is 0.666. The van der Waals surface area contributed by atoms with E-state index >= 15 is 0 Å². The Morgan fingerprint density at radius 1 is 0.931 bits per heavy atom. The molecule has 2 atom stereocenters. The normalized spacial score (nSPS) is 19.6. The molecule has 2 aromatic heterocycles. The molecule has 0 bridgehead atoms. The second-order valence-corrected chi connectivity index (χ2v) is 8.40. The average molecular weight is 395 g/mol. The maximum atomic E-state index is 5.44. The molecule has 1 fully saturated rings. The fourth-order valence-corrected chi connectivity index (χ4v) is 4.49. The van der Waals surface area contributed by atoms with Crippen LogP contribution in [0.25, 0.3) is 16.9 Å². The lowest BCUT2D eigenvalue weighted by molar-refractivity contribution is 0.354. The Morgan fingerprint density at radius 2 is 1.55 bits per heavy atom. The van der Waals surface area contributed by atoms with Gasteiger partial charge in [-0.1, -0.05) is 13.8 Å². The molecule has 0 spiro atoms. The van der Waals surface area contributed by atoms with E-state index < -0.39 is 0 Å². The van der Waals surface area contributed by atoms with Crippen molar-refractivity contribution in [3.63, 3.8) is 0 Å². The van der Waals surface area contributed by atoms with E-state index in [1.54, 1.807) is 14.2 Å². The number of piperidine rings is 1. The predicted molar refractivity (Wildman–Crippen MR) is 116 cm³/mol. The third kappa shape index (κ3) is 3.63. The van der Waals surface area contributed by atoms with Crippen molar-refractivity contribution in [2.45, 2.75) is 34.1 Å². The van der Waals surface area contributed by atoms with Crippen molar-refractivity contribution in [2.24, 2.45) is 11.8 Å². The van der Waals surface area contributed by atoms with Crippen LogP contribution in [0.3, 0.4) is 0 Å². The highest BCUT2D eigenvalue weighted by Gasteiger charge is 2.26. The van der Waals surface area contributed by atoms with Crippen molar-refractivity contribution in [2.75, 3.05) is 32.2 Å². The highest BCUT2D eigenvalue weighted by molar-refractivity contribution is 5.69. The number of nitrogens with zero attached hydrogens (tertiary/aromatic N) is 4. The quantitative estimate of drug-likeness (QED) is 0.652. The SMILES string of the molecule is COc1cc(OC)cc(-c2cc3nc(C)c(C)c(N4C[C@H](C)C[C@H](C)C4)n3n2)c1. The number of hydrogen-bond acceptors (Lipinski definition) is 5. The molecule has 1 aliphatic heterocycles. The zero-order valence-electron chi connectivity index (χ0n) is 18.2. The second kappa shape index (κ2) is 7.58. The summed E-state index contributed by atoms with van der Waals surface area (Å²) in [6.07, 6.45) is 1.27. The van der Waals surface area contributed by atoms with Gasteiger partial charge in [0.1, 0.15) is 17.3 Å². The van der Waals surface area contributed by atoms with Gasteiger partial charge in [0.05, 0.1) is 19.9 Å². The molecule has 1 saturated heterocycles. The van der Waals surface area contributed by atoms with Gasteiger partial charge in [0.15, 0.2) is 5.65 Å². The number of rotatable bonds is 4. The smallest absolute Gasteiger partial charge is 0.158 e. The van der Waals surface area contributed by atoms with Crippen LogP contribution in [-0.2, 0) is 0 Å². The summed E-state index contributed by atoms with van der Waals surface area (Å²) in [5.41, 5.74) is 4.92. The fraction of sp³-hybridized carbons (Fsp3) is 0.478. The van der Waals surface area contributed by atoms with Crippen LogP contribution in [0.2, 0.25) is 0 Å². The molecular weight excluding hydrogens is 364 g/mol. The molecule has 0 unspecified atom stereocenters. The Bertz CT molecular complexity index is 1010. The van der Waals surface area contributed by atoms with Gasteiger partial charge in [0.25, 0.3) is 0 Å². The maximum Gasteiger partial charge on any atom is 0.158 e. The van der Waals surface area contributed by atoms with Crippen LogP contribution in [0.4, 0.5) is 5.82 Å². The monoisotopic (exact) mass is 394 g/mol. The minimum absolute atomic E-state index is 0.666. The third-order valence-corrected chi connectivity index (χ3v) is 5.87. The van der Waals surface area contributed by atoms with E-state index in [2.05, 4.69) is 32.6 Å². The largest absolute Gasteiger partial charge is 0.497 e. The van der Waals surface area contributed by atoms with Crippen LogP contribution >= 0.6 is 0 Å². The maximum absolute atomic E-state index is 5.44. The molecule has 0 amide bonds. The Balaban J connectivity index is 1.86. The Hall–Kier alpha value is -2.76. The molecule has 4 rings (SSSR count). The summed E-state index contributed by atoms with van der Waals surface area (Å²) >= 11 is 0. The van der Waals surface area contributed by atoms with E-state index in [-0.39, 0.29) is 0 Å². The molecule has 0 radical (unpaired) electrons. The number of fused-ring (bicyclic) bond motifs is 1. The van der Waals surface area contributed by atoms with Gasteiger partial charge >= 0.3 is 0 Å². The first-order valence-corrected chi connectivity index (χ1v) is 10.2. The van der Waals surface area contributed by atoms with Gasteiger partial charge in [0, 0.05) is 42.0 Å². The van der Waals surface area contributed by atoms with Crippen LogP contribution in [0, 0.1) is 25.7 Å². The zero-order chi connectivity index (χ0) is 20.7. The summed E-state index contributed by atoms with van der Waals surface area (Å²) in [6.45, 7) is 11.0. The number of ether oxygens (including phenoxy) is 2. The van der Waals surface area contributed by atoms with E-state index in [0.29, 0.717) is 11.8 Å². The van der Waals surface area contributed by atoms with Gasteiger partial charge in [-0.15, -0.1) is 0 Å². The summed E-state index contributed by atoms with van der Waals surface area (Å²) in [7, 11) is 3.32. The Labute approximate surface area is 172 Å². The number of methoxy groups -OCH3 is 2. The predicted octanol–water partition coefficient (Wildman–Crippen LogP) is 4.51. The number of aromatic nitrogens is 3. The zero-order valence-corrected chi connectivity index (χ0v) is 18.2. The van der Waals surface area contributed by atoms with Crippen molar-refractivity contribution in [1.29, 1.82) is 0 Å². The Kier molecular flexibility index (Phi) is 5.11. The van der Waals surface area contributed by atoms with Gasteiger partial charge in [-0.25, -0.2) is 4.98 Å². The van der Waals surface area contributed by atoms with Crippen LogP contribution in [0.5, 0.6) is 11.5 Å². The molecule has 3 aromatic rings. The van der Waals surface area contributed by atoms with Gasteiger partial charge in [0.2, 0.25) is 0 Å². The third-order valence-electron chi connectivity index (χ3n) is 5.87. The highest BCUT2D eigenvalue weighted by Crippen LogP contribution is 2.33. The first-order valence-electron chi connectivity index (χ1n) is 10.2. The molecule has 29 heavy (non-hydrogen) atoms. The highest BCUT2D eigenvalue weighted by atomic mass is 16.5. The molecule has 154 valence electrons. The van der Waals surface area contributed by atoms with E-state index in [1.165, 1.54) is 12.0 Å².